The summed E-state index contributed by atoms with van der Waals surface area (Å²) in [5.41, 5.74) is 2.43. The molecule has 1 N–H and O–H groups in total. The van der Waals surface area contributed by atoms with Gasteiger partial charge in [-0.3, -0.25) is 4.79 Å². The maximum Gasteiger partial charge on any atom is 0.259 e. The summed E-state index contributed by atoms with van der Waals surface area (Å²) in [5, 5.41) is 7.52. The van der Waals surface area contributed by atoms with E-state index in [4.69, 9.17) is 8.94 Å². The number of anilines is 1. The van der Waals surface area contributed by atoms with E-state index in [-0.39, 0.29) is 11.6 Å². The maximum atomic E-state index is 13.2. The Balaban J connectivity index is 1.67. The Hall–Kier alpha value is -3.78. The van der Waals surface area contributed by atoms with Crippen molar-refractivity contribution in [3.05, 3.63) is 83.2 Å². The molecule has 0 aliphatic heterocycles. The monoisotopic (exact) mass is 460 g/mol. The van der Waals surface area contributed by atoms with E-state index >= 15 is 0 Å². The molecule has 0 saturated heterocycles. The molecule has 7 nitrogen and oxygen atoms in total. The Bertz CT molecular complexity index is 1330. The molecular formula is C22H13BrN4O3. The van der Waals surface area contributed by atoms with Crippen LogP contribution in [0.3, 0.4) is 0 Å². The van der Waals surface area contributed by atoms with Crippen molar-refractivity contribution < 1.29 is 13.7 Å². The van der Waals surface area contributed by atoms with E-state index in [1.807, 2.05) is 30.3 Å². The van der Waals surface area contributed by atoms with Gasteiger partial charge in [0.1, 0.15) is 17.2 Å². The molecule has 0 radical (unpaired) electrons. The lowest BCUT2D eigenvalue weighted by molar-refractivity contribution is 0.102. The van der Waals surface area contributed by atoms with Crippen LogP contribution in [0.4, 0.5) is 5.82 Å². The van der Waals surface area contributed by atoms with Gasteiger partial charge in [-0.25, -0.2) is 9.97 Å². The number of aromatic nitrogens is 3. The number of carbonyl (C=O) groups excluding carboxylic acids is 1. The summed E-state index contributed by atoms with van der Waals surface area (Å²) in [4.78, 5) is 21.9. The SMILES string of the molecule is O=C(Nc1ccc(Br)cn1)c1cc(-c2ccco2)nc2onc(-c3ccccc3)c12. The molecule has 0 atom stereocenters. The molecule has 30 heavy (non-hydrogen) atoms. The Morgan fingerprint density at radius 2 is 1.90 bits per heavy atom. The van der Waals surface area contributed by atoms with E-state index in [1.165, 1.54) is 0 Å². The molecule has 5 aromatic rings. The lowest BCUT2D eigenvalue weighted by atomic mass is 10.0. The fraction of sp³-hybridized carbons (Fsp3) is 0. The standard InChI is InChI=1S/C22H13BrN4O3/c23-14-8-9-18(24-12-14)26-21(28)15-11-16(17-7-4-10-29-17)25-22-19(15)20(27-30-22)13-5-2-1-3-6-13/h1-12H,(H,24,26,28). The van der Waals surface area contributed by atoms with Crippen molar-refractivity contribution in [3.8, 4) is 22.7 Å². The van der Waals surface area contributed by atoms with Gasteiger partial charge < -0.3 is 14.3 Å². The zero-order chi connectivity index (χ0) is 20.5. The molecule has 8 heteroatoms. The quantitative estimate of drug-likeness (QED) is 0.377. The highest BCUT2D eigenvalue weighted by molar-refractivity contribution is 9.10. The van der Waals surface area contributed by atoms with Crippen molar-refractivity contribution in [1.29, 1.82) is 0 Å². The van der Waals surface area contributed by atoms with Crippen molar-refractivity contribution >= 4 is 38.8 Å². The van der Waals surface area contributed by atoms with Crippen LogP contribution in [-0.2, 0) is 0 Å². The number of nitrogens with one attached hydrogen (secondary N) is 1. The van der Waals surface area contributed by atoms with Crippen molar-refractivity contribution in [2.45, 2.75) is 0 Å². The second-order valence-corrected chi connectivity index (χ2v) is 7.34. The average Bonchev–Trinajstić information content (AvgIpc) is 3.45. The van der Waals surface area contributed by atoms with Gasteiger partial charge in [-0.05, 0) is 46.3 Å². The molecule has 1 amide bonds. The third-order valence-electron chi connectivity index (χ3n) is 4.48. The summed E-state index contributed by atoms with van der Waals surface area (Å²) in [5.74, 6) is 0.584. The summed E-state index contributed by atoms with van der Waals surface area (Å²) in [6.45, 7) is 0. The summed E-state index contributed by atoms with van der Waals surface area (Å²) in [6.07, 6.45) is 3.16. The molecule has 5 rings (SSSR count). The van der Waals surface area contributed by atoms with E-state index < -0.39 is 0 Å². The van der Waals surface area contributed by atoms with Gasteiger partial charge >= 0.3 is 0 Å². The predicted octanol–water partition coefficient (Wildman–Crippen LogP) is 5.56. The highest BCUT2D eigenvalue weighted by Gasteiger charge is 2.23. The van der Waals surface area contributed by atoms with Crippen LogP contribution in [0.1, 0.15) is 10.4 Å². The largest absolute Gasteiger partial charge is 0.463 e. The second-order valence-electron chi connectivity index (χ2n) is 6.43. The first kappa shape index (κ1) is 18.3. The fourth-order valence-corrected chi connectivity index (χ4v) is 3.34. The molecule has 146 valence electrons. The van der Waals surface area contributed by atoms with E-state index in [0.717, 1.165) is 10.0 Å². The summed E-state index contributed by atoms with van der Waals surface area (Å²) < 4.78 is 11.8. The number of furan rings is 1. The van der Waals surface area contributed by atoms with Crippen LogP contribution in [0.5, 0.6) is 0 Å². The number of hydrogen-bond donors (Lipinski definition) is 1. The molecule has 0 unspecified atom stereocenters. The van der Waals surface area contributed by atoms with Gasteiger partial charge in [-0.2, -0.15) is 0 Å². The number of amides is 1. The molecule has 4 aromatic heterocycles. The van der Waals surface area contributed by atoms with Gasteiger partial charge in [0.15, 0.2) is 5.76 Å². The fourth-order valence-electron chi connectivity index (χ4n) is 3.11. The Labute approximate surface area is 178 Å². The number of halogens is 1. The van der Waals surface area contributed by atoms with E-state index in [2.05, 4.69) is 36.4 Å². The summed E-state index contributed by atoms with van der Waals surface area (Å²) >= 11 is 3.34. The zero-order valence-corrected chi connectivity index (χ0v) is 17.0. The molecular weight excluding hydrogens is 448 g/mol. The zero-order valence-electron chi connectivity index (χ0n) is 15.4. The van der Waals surface area contributed by atoms with Crippen molar-refractivity contribution in [1.82, 2.24) is 15.1 Å². The normalized spacial score (nSPS) is 11.0. The van der Waals surface area contributed by atoms with E-state index in [1.54, 1.807) is 42.8 Å². The van der Waals surface area contributed by atoms with Crippen molar-refractivity contribution in [2.75, 3.05) is 5.32 Å². The Kier molecular flexibility index (Phi) is 4.61. The minimum atomic E-state index is -0.356. The molecule has 0 saturated carbocycles. The molecule has 4 heterocycles. The number of hydrogen-bond acceptors (Lipinski definition) is 6. The summed E-state index contributed by atoms with van der Waals surface area (Å²) in [7, 11) is 0. The Morgan fingerprint density at radius 3 is 2.63 bits per heavy atom. The average molecular weight is 461 g/mol. The molecule has 0 spiro atoms. The number of rotatable bonds is 4. The van der Waals surface area contributed by atoms with Crippen LogP contribution < -0.4 is 5.32 Å². The third kappa shape index (κ3) is 3.37. The van der Waals surface area contributed by atoms with Crippen LogP contribution in [-0.4, -0.2) is 21.0 Å². The van der Waals surface area contributed by atoms with E-state index in [9.17, 15) is 4.79 Å². The smallest absolute Gasteiger partial charge is 0.259 e. The van der Waals surface area contributed by atoms with Crippen LogP contribution in [0.15, 0.2) is 86.5 Å². The van der Waals surface area contributed by atoms with Gasteiger partial charge in [0, 0.05) is 16.2 Å². The predicted molar refractivity (Wildman–Crippen MR) is 115 cm³/mol. The third-order valence-corrected chi connectivity index (χ3v) is 4.95. The summed E-state index contributed by atoms with van der Waals surface area (Å²) in [6, 6.07) is 18.2. The molecule has 0 fully saturated rings. The molecule has 0 bridgehead atoms. The lowest BCUT2D eigenvalue weighted by Crippen LogP contribution is -2.14. The molecule has 0 aliphatic rings. The van der Waals surface area contributed by atoms with Crippen molar-refractivity contribution in [3.63, 3.8) is 0 Å². The first-order valence-electron chi connectivity index (χ1n) is 9.01. The topological polar surface area (TPSA) is 94.1 Å². The lowest BCUT2D eigenvalue weighted by Gasteiger charge is -2.08. The van der Waals surface area contributed by atoms with Gasteiger partial charge in [-0.1, -0.05) is 35.5 Å². The highest BCUT2D eigenvalue weighted by Crippen LogP contribution is 2.33. The number of pyridine rings is 2. The first-order chi connectivity index (χ1) is 14.7. The van der Waals surface area contributed by atoms with Crippen LogP contribution in [0.2, 0.25) is 0 Å². The van der Waals surface area contributed by atoms with Crippen molar-refractivity contribution in [2.24, 2.45) is 0 Å². The van der Waals surface area contributed by atoms with Crippen LogP contribution in [0.25, 0.3) is 33.8 Å². The number of benzene rings is 1. The minimum absolute atomic E-state index is 0.247. The second kappa shape index (κ2) is 7.57. The maximum absolute atomic E-state index is 13.2. The number of nitrogens with zero attached hydrogens (tertiary/aromatic N) is 3. The van der Waals surface area contributed by atoms with Crippen LogP contribution in [0, 0.1) is 0 Å². The Morgan fingerprint density at radius 1 is 1.03 bits per heavy atom. The first-order valence-corrected chi connectivity index (χ1v) is 9.81. The highest BCUT2D eigenvalue weighted by atomic mass is 79.9. The number of fused-ring (bicyclic) bond motifs is 1. The molecule has 0 aliphatic carbocycles. The van der Waals surface area contributed by atoms with Gasteiger partial charge in [-0.15, -0.1) is 0 Å². The number of carbonyl (C=O) groups is 1. The van der Waals surface area contributed by atoms with Gasteiger partial charge in [0.2, 0.25) is 0 Å². The van der Waals surface area contributed by atoms with Gasteiger partial charge in [0.25, 0.3) is 11.6 Å². The van der Waals surface area contributed by atoms with Crippen LogP contribution >= 0.6 is 15.9 Å². The minimum Gasteiger partial charge on any atom is -0.463 e. The molecule has 1 aromatic carbocycles. The van der Waals surface area contributed by atoms with E-state index in [0.29, 0.717) is 33.9 Å². The van der Waals surface area contributed by atoms with Gasteiger partial charge in [0.05, 0.1) is 17.2 Å².